The highest BCUT2D eigenvalue weighted by molar-refractivity contribution is 5.94. The van der Waals surface area contributed by atoms with E-state index in [0.717, 1.165) is 35.2 Å². The van der Waals surface area contributed by atoms with Crippen molar-refractivity contribution in [2.24, 2.45) is 11.7 Å². The van der Waals surface area contributed by atoms with Crippen LogP contribution in [0.15, 0.2) is 48.5 Å². The van der Waals surface area contributed by atoms with Gasteiger partial charge in [-0.05, 0) is 47.7 Å². The number of hydrogen-bond donors (Lipinski definition) is 2. The molecule has 1 aliphatic rings. The zero-order valence-electron chi connectivity index (χ0n) is 14.4. The molecule has 130 valence electrons. The van der Waals surface area contributed by atoms with Gasteiger partial charge in [0, 0.05) is 25.2 Å². The van der Waals surface area contributed by atoms with E-state index in [9.17, 15) is 9.59 Å². The first-order chi connectivity index (χ1) is 12.1. The lowest BCUT2D eigenvalue weighted by Crippen LogP contribution is -2.32. The Morgan fingerprint density at radius 3 is 2.48 bits per heavy atom. The molecule has 0 saturated heterocycles. The van der Waals surface area contributed by atoms with E-state index in [1.54, 1.807) is 11.9 Å². The Hall–Kier alpha value is -2.66. The van der Waals surface area contributed by atoms with Crippen molar-refractivity contribution < 1.29 is 9.59 Å². The predicted octanol–water partition coefficient (Wildman–Crippen LogP) is 2.62. The molecule has 5 heteroatoms. The molecule has 2 aromatic carbocycles. The summed E-state index contributed by atoms with van der Waals surface area (Å²) in [6.45, 7) is 0.545. The van der Waals surface area contributed by atoms with Gasteiger partial charge in [0.1, 0.15) is 0 Å². The molecule has 25 heavy (non-hydrogen) atoms. The van der Waals surface area contributed by atoms with Crippen LogP contribution in [-0.2, 0) is 16.1 Å². The number of carbonyl (C=O) groups is 2. The first kappa shape index (κ1) is 17.2. The van der Waals surface area contributed by atoms with Gasteiger partial charge >= 0.3 is 0 Å². The van der Waals surface area contributed by atoms with Crippen LogP contribution in [0, 0.1) is 5.92 Å². The Morgan fingerprint density at radius 2 is 1.84 bits per heavy atom. The van der Waals surface area contributed by atoms with Crippen LogP contribution in [0.5, 0.6) is 0 Å². The molecule has 1 aliphatic carbocycles. The fraction of sp³-hybridized carbons (Fsp3) is 0.300. The van der Waals surface area contributed by atoms with Gasteiger partial charge < -0.3 is 16.0 Å². The maximum absolute atomic E-state index is 11.8. The van der Waals surface area contributed by atoms with Crippen LogP contribution >= 0.6 is 0 Å². The first-order valence-corrected chi connectivity index (χ1v) is 8.51. The zero-order chi connectivity index (χ0) is 17.8. The van der Waals surface area contributed by atoms with Gasteiger partial charge in [-0.15, -0.1) is 0 Å². The highest BCUT2D eigenvalue weighted by Crippen LogP contribution is 2.30. The summed E-state index contributed by atoms with van der Waals surface area (Å²) in [5.41, 5.74) is 9.41. The van der Waals surface area contributed by atoms with Crippen LogP contribution in [0.4, 0.5) is 5.69 Å². The van der Waals surface area contributed by atoms with Crippen molar-refractivity contribution >= 4 is 17.5 Å². The number of hydrogen-bond acceptors (Lipinski definition) is 3. The van der Waals surface area contributed by atoms with Crippen LogP contribution in [0.25, 0.3) is 11.1 Å². The van der Waals surface area contributed by atoms with E-state index in [-0.39, 0.29) is 24.3 Å². The zero-order valence-corrected chi connectivity index (χ0v) is 14.4. The molecule has 5 nitrogen and oxygen atoms in total. The smallest absolute Gasteiger partial charge is 0.236 e. The summed E-state index contributed by atoms with van der Waals surface area (Å²) in [4.78, 5) is 25.0. The molecule has 2 aromatic rings. The molecule has 1 fully saturated rings. The van der Waals surface area contributed by atoms with Crippen molar-refractivity contribution in [3.05, 3.63) is 54.1 Å². The number of nitrogens with two attached hydrogens (primary N) is 1. The Bertz CT molecular complexity index is 767. The molecule has 0 aromatic heterocycles. The average Bonchev–Trinajstić information content (AvgIpc) is 3.47. The number of rotatable bonds is 6. The Kier molecular flexibility index (Phi) is 5.14. The van der Waals surface area contributed by atoms with Crippen molar-refractivity contribution in [2.75, 3.05) is 18.9 Å². The fourth-order valence-corrected chi connectivity index (χ4v) is 2.70. The molecule has 0 heterocycles. The van der Waals surface area contributed by atoms with Crippen LogP contribution < -0.4 is 11.1 Å². The summed E-state index contributed by atoms with van der Waals surface area (Å²) >= 11 is 0. The third-order valence-corrected chi connectivity index (χ3v) is 4.38. The van der Waals surface area contributed by atoms with E-state index >= 15 is 0 Å². The lowest BCUT2D eigenvalue weighted by Gasteiger charge is -2.16. The van der Waals surface area contributed by atoms with Gasteiger partial charge in [0.05, 0.1) is 6.54 Å². The van der Waals surface area contributed by atoms with Gasteiger partial charge in [-0.25, -0.2) is 0 Å². The normalized spacial score (nSPS) is 13.4. The lowest BCUT2D eigenvalue weighted by atomic mass is 10.0. The van der Waals surface area contributed by atoms with Crippen molar-refractivity contribution in [1.82, 2.24) is 4.90 Å². The monoisotopic (exact) mass is 337 g/mol. The molecular weight excluding hydrogens is 314 g/mol. The molecule has 2 amide bonds. The fourth-order valence-electron chi connectivity index (χ4n) is 2.70. The average molecular weight is 337 g/mol. The Balaban J connectivity index is 1.69. The van der Waals surface area contributed by atoms with Crippen LogP contribution in [0.1, 0.15) is 18.4 Å². The summed E-state index contributed by atoms with van der Waals surface area (Å²) in [6, 6.07) is 15.9. The predicted molar refractivity (Wildman–Crippen MR) is 98.8 cm³/mol. The van der Waals surface area contributed by atoms with Crippen LogP contribution in [0.3, 0.4) is 0 Å². The number of likely N-dealkylation sites (N-methyl/N-ethyl adjacent to an activating group) is 1. The minimum atomic E-state index is -0.0823. The first-order valence-electron chi connectivity index (χ1n) is 8.51. The third-order valence-electron chi connectivity index (χ3n) is 4.38. The van der Waals surface area contributed by atoms with E-state index in [1.165, 1.54) is 0 Å². The van der Waals surface area contributed by atoms with E-state index in [4.69, 9.17) is 5.73 Å². The lowest BCUT2D eigenvalue weighted by molar-refractivity contribution is -0.128. The molecule has 0 unspecified atom stereocenters. The van der Waals surface area contributed by atoms with Crippen molar-refractivity contribution in [1.29, 1.82) is 0 Å². The maximum atomic E-state index is 11.8. The summed E-state index contributed by atoms with van der Waals surface area (Å²) in [5.74, 6) is 0.230. The number of amides is 2. The standard InChI is InChI=1S/C20H23N3O2/c1-23(19(24)12-21)13-14-3-2-4-17(11-14)15-7-9-18(10-8-15)22-20(25)16-5-6-16/h2-4,7-11,16H,5-6,12-13,21H2,1H3,(H,22,25). The summed E-state index contributed by atoms with van der Waals surface area (Å²) in [5, 5.41) is 2.94. The van der Waals surface area contributed by atoms with Crippen LogP contribution in [0.2, 0.25) is 0 Å². The molecule has 0 atom stereocenters. The molecule has 0 bridgehead atoms. The summed E-state index contributed by atoms with van der Waals surface area (Å²) in [6.07, 6.45) is 2.00. The van der Waals surface area contributed by atoms with Gasteiger partial charge in [-0.1, -0.05) is 30.3 Å². The SMILES string of the molecule is CN(Cc1cccc(-c2ccc(NC(=O)C3CC3)cc2)c1)C(=O)CN. The second kappa shape index (κ2) is 7.49. The topological polar surface area (TPSA) is 75.4 Å². The van der Waals surface area contributed by atoms with E-state index in [2.05, 4.69) is 11.4 Å². The van der Waals surface area contributed by atoms with Crippen molar-refractivity contribution in [2.45, 2.75) is 19.4 Å². The van der Waals surface area contributed by atoms with Gasteiger partial charge in [0.25, 0.3) is 0 Å². The molecule has 3 N–H and O–H groups in total. The maximum Gasteiger partial charge on any atom is 0.236 e. The third kappa shape index (κ3) is 4.45. The molecule has 0 aliphatic heterocycles. The highest BCUT2D eigenvalue weighted by atomic mass is 16.2. The van der Waals surface area contributed by atoms with Crippen molar-refractivity contribution in [3.8, 4) is 11.1 Å². The number of benzene rings is 2. The molecule has 1 saturated carbocycles. The molecule has 0 radical (unpaired) electrons. The highest BCUT2D eigenvalue weighted by Gasteiger charge is 2.29. The number of nitrogens with zero attached hydrogens (tertiary/aromatic N) is 1. The minimum Gasteiger partial charge on any atom is -0.340 e. The van der Waals surface area contributed by atoms with Gasteiger partial charge in [0.15, 0.2) is 0 Å². The number of carbonyl (C=O) groups excluding carboxylic acids is 2. The quantitative estimate of drug-likeness (QED) is 0.851. The second-order valence-electron chi connectivity index (χ2n) is 6.50. The second-order valence-corrected chi connectivity index (χ2v) is 6.50. The largest absolute Gasteiger partial charge is 0.340 e. The van der Waals surface area contributed by atoms with Gasteiger partial charge in [-0.3, -0.25) is 9.59 Å². The summed E-state index contributed by atoms with van der Waals surface area (Å²) in [7, 11) is 1.75. The molecule has 3 rings (SSSR count). The van der Waals surface area contributed by atoms with Gasteiger partial charge in [0.2, 0.25) is 11.8 Å². The Labute approximate surface area is 147 Å². The van der Waals surface area contributed by atoms with E-state index in [0.29, 0.717) is 6.54 Å². The van der Waals surface area contributed by atoms with E-state index in [1.807, 2.05) is 42.5 Å². The minimum absolute atomic E-state index is 0.0181. The van der Waals surface area contributed by atoms with Crippen molar-refractivity contribution in [3.63, 3.8) is 0 Å². The van der Waals surface area contributed by atoms with Gasteiger partial charge in [-0.2, -0.15) is 0 Å². The molecule has 0 spiro atoms. The van der Waals surface area contributed by atoms with E-state index < -0.39 is 0 Å². The molecular formula is C20H23N3O2. The summed E-state index contributed by atoms with van der Waals surface area (Å²) < 4.78 is 0. The number of nitrogens with one attached hydrogen (secondary N) is 1. The number of anilines is 1. The van der Waals surface area contributed by atoms with Crippen LogP contribution in [-0.4, -0.2) is 30.3 Å². The Morgan fingerprint density at radius 1 is 1.12 bits per heavy atom.